The number of imidazole rings is 1. The fraction of sp³-hybridized carbons (Fsp3) is 0.200. The minimum absolute atomic E-state index is 0.216. The third kappa shape index (κ3) is 3.64. The molecule has 0 spiro atoms. The van der Waals surface area contributed by atoms with E-state index >= 15 is 0 Å². The molecule has 1 aliphatic heterocycles. The molecule has 0 bridgehead atoms. The van der Waals surface area contributed by atoms with Gasteiger partial charge in [-0.25, -0.2) is 9.37 Å². The lowest BCUT2D eigenvalue weighted by Gasteiger charge is -2.18. The smallest absolute Gasteiger partial charge is 0.123 e. The molecule has 0 saturated heterocycles. The summed E-state index contributed by atoms with van der Waals surface area (Å²) in [6.45, 7) is 1.22. The van der Waals surface area contributed by atoms with Crippen LogP contribution in [-0.2, 0) is 17.8 Å². The largest absolute Gasteiger partial charge is 0.375 e. The maximum absolute atomic E-state index is 13.5. The summed E-state index contributed by atoms with van der Waals surface area (Å²) in [5, 5.41) is 0. The number of halogens is 1. The van der Waals surface area contributed by atoms with Gasteiger partial charge in [0, 0.05) is 29.9 Å². The van der Waals surface area contributed by atoms with Gasteiger partial charge in [0.15, 0.2) is 0 Å². The van der Waals surface area contributed by atoms with E-state index in [0.717, 1.165) is 41.2 Å². The fourth-order valence-corrected chi connectivity index (χ4v) is 4.11. The van der Waals surface area contributed by atoms with Gasteiger partial charge in [0.25, 0.3) is 0 Å². The Morgan fingerprint density at radius 2 is 1.70 bits per heavy atom. The summed E-state index contributed by atoms with van der Waals surface area (Å²) in [5.74, 6) is 0.803. The third-order valence-corrected chi connectivity index (χ3v) is 5.54. The standard InChI is InChI=1S/C25H22FN3O/c26-21-8-6-19(7-9-21)24-25(20-12-14-27-15-13-20)29-22(10-11-23(29)28-24)17-30-16-18-4-2-1-3-5-18/h1-9,12-15,22H,10-11,16-17H2/t22-/m0/s1. The van der Waals surface area contributed by atoms with Gasteiger partial charge < -0.3 is 9.30 Å². The van der Waals surface area contributed by atoms with E-state index in [0.29, 0.717) is 13.2 Å². The molecule has 0 unspecified atom stereocenters. The first kappa shape index (κ1) is 18.7. The van der Waals surface area contributed by atoms with Crippen LogP contribution in [0.15, 0.2) is 79.1 Å². The van der Waals surface area contributed by atoms with Gasteiger partial charge in [-0.2, -0.15) is 0 Å². The number of aryl methyl sites for hydroxylation is 1. The zero-order chi connectivity index (χ0) is 20.3. The number of nitrogens with zero attached hydrogens (tertiary/aromatic N) is 3. The SMILES string of the molecule is Fc1ccc(-c2nc3n(c2-c2ccncc2)[C@H](COCc2ccccc2)CC3)cc1. The van der Waals surface area contributed by atoms with Crippen LogP contribution in [0.5, 0.6) is 0 Å². The number of aromatic nitrogens is 3. The normalized spacial score (nSPS) is 15.3. The van der Waals surface area contributed by atoms with Crippen LogP contribution < -0.4 is 0 Å². The lowest BCUT2D eigenvalue weighted by atomic mass is 10.0. The summed E-state index contributed by atoms with van der Waals surface area (Å²) < 4.78 is 21.9. The molecule has 0 N–H and O–H groups in total. The van der Waals surface area contributed by atoms with Crippen molar-refractivity contribution in [1.82, 2.24) is 14.5 Å². The van der Waals surface area contributed by atoms with E-state index in [4.69, 9.17) is 9.72 Å². The van der Waals surface area contributed by atoms with E-state index in [2.05, 4.69) is 21.7 Å². The second-order valence-electron chi connectivity index (χ2n) is 7.53. The summed E-state index contributed by atoms with van der Waals surface area (Å²) in [6.07, 6.45) is 5.48. The van der Waals surface area contributed by atoms with Crippen molar-refractivity contribution in [3.05, 3.63) is 96.3 Å². The van der Waals surface area contributed by atoms with Gasteiger partial charge >= 0.3 is 0 Å². The molecule has 0 aliphatic carbocycles. The number of hydrogen-bond acceptors (Lipinski definition) is 3. The highest BCUT2D eigenvalue weighted by Crippen LogP contribution is 2.39. The molecule has 1 atom stereocenters. The van der Waals surface area contributed by atoms with Crippen LogP contribution in [0.4, 0.5) is 4.39 Å². The Morgan fingerprint density at radius 3 is 2.47 bits per heavy atom. The molecule has 0 radical (unpaired) electrons. The van der Waals surface area contributed by atoms with Crippen LogP contribution in [0.25, 0.3) is 22.5 Å². The van der Waals surface area contributed by atoms with Crippen molar-refractivity contribution in [2.75, 3.05) is 6.61 Å². The highest BCUT2D eigenvalue weighted by molar-refractivity contribution is 5.79. The Morgan fingerprint density at radius 1 is 0.933 bits per heavy atom. The summed E-state index contributed by atoms with van der Waals surface area (Å²) in [6, 6.07) is 21.0. The van der Waals surface area contributed by atoms with Crippen LogP contribution in [0.3, 0.4) is 0 Å². The Bertz CT molecular complexity index is 1120. The lowest BCUT2D eigenvalue weighted by Crippen LogP contribution is -2.13. The molecule has 0 saturated carbocycles. The van der Waals surface area contributed by atoms with Crippen molar-refractivity contribution >= 4 is 0 Å². The van der Waals surface area contributed by atoms with Gasteiger partial charge in [-0.3, -0.25) is 4.98 Å². The molecular formula is C25H22FN3O. The van der Waals surface area contributed by atoms with Gasteiger partial charge in [-0.15, -0.1) is 0 Å². The van der Waals surface area contributed by atoms with Crippen LogP contribution in [0, 0.1) is 5.82 Å². The predicted octanol–water partition coefficient (Wildman–Crippen LogP) is 5.46. The average Bonchev–Trinajstić information content (AvgIpc) is 3.35. The third-order valence-electron chi connectivity index (χ3n) is 5.54. The van der Waals surface area contributed by atoms with Crippen molar-refractivity contribution in [2.45, 2.75) is 25.5 Å². The molecule has 5 rings (SSSR count). The maximum atomic E-state index is 13.5. The maximum Gasteiger partial charge on any atom is 0.123 e. The average molecular weight is 399 g/mol. The molecule has 1 aliphatic rings. The monoisotopic (exact) mass is 399 g/mol. The number of pyridine rings is 1. The van der Waals surface area contributed by atoms with E-state index in [1.54, 1.807) is 24.5 Å². The molecule has 3 heterocycles. The molecular weight excluding hydrogens is 377 g/mol. The van der Waals surface area contributed by atoms with Crippen LogP contribution in [0.1, 0.15) is 23.9 Å². The first-order valence-electron chi connectivity index (χ1n) is 10.2. The molecule has 30 heavy (non-hydrogen) atoms. The number of benzene rings is 2. The molecule has 0 fully saturated rings. The number of fused-ring (bicyclic) bond motifs is 1. The molecule has 0 amide bonds. The lowest BCUT2D eigenvalue weighted by molar-refractivity contribution is 0.0925. The van der Waals surface area contributed by atoms with Gasteiger partial charge in [-0.05, 0) is 48.4 Å². The minimum Gasteiger partial charge on any atom is -0.375 e. The number of ether oxygens (including phenoxy) is 1. The van der Waals surface area contributed by atoms with Crippen molar-refractivity contribution < 1.29 is 9.13 Å². The zero-order valence-electron chi connectivity index (χ0n) is 16.5. The van der Waals surface area contributed by atoms with E-state index in [-0.39, 0.29) is 11.9 Å². The second-order valence-corrected chi connectivity index (χ2v) is 7.53. The van der Waals surface area contributed by atoms with Crippen LogP contribution in [-0.4, -0.2) is 21.1 Å². The van der Waals surface area contributed by atoms with Crippen LogP contribution in [0.2, 0.25) is 0 Å². The number of rotatable bonds is 6. The topological polar surface area (TPSA) is 39.9 Å². The summed E-state index contributed by atoms with van der Waals surface area (Å²) in [7, 11) is 0. The Labute approximate surface area is 175 Å². The molecule has 4 aromatic rings. The predicted molar refractivity (Wildman–Crippen MR) is 114 cm³/mol. The fourth-order valence-electron chi connectivity index (χ4n) is 4.11. The Kier molecular flexibility index (Phi) is 5.11. The zero-order valence-corrected chi connectivity index (χ0v) is 16.5. The van der Waals surface area contributed by atoms with Crippen molar-refractivity contribution in [3.8, 4) is 22.5 Å². The summed E-state index contributed by atoms with van der Waals surface area (Å²) >= 11 is 0. The summed E-state index contributed by atoms with van der Waals surface area (Å²) in [4.78, 5) is 9.11. The summed E-state index contributed by atoms with van der Waals surface area (Å²) in [5.41, 5.74) is 5.06. The Balaban J connectivity index is 1.48. The second kappa shape index (κ2) is 8.20. The van der Waals surface area contributed by atoms with Crippen molar-refractivity contribution in [1.29, 1.82) is 0 Å². The first-order valence-corrected chi connectivity index (χ1v) is 10.2. The molecule has 4 nitrogen and oxygen atoms in total. The van der Waals surface area contributed by atoms with Gasteiger partial charge in [-0.1, -0.05) is 30.3 Å². The minimum atomic E-state index is -0.247. The van der Waals surface area contributed by atoms with Crippen molar-refractivity contribution in [3.63, 3.8) is 0 Å². The molecule has 5 heteroatoms. The molecule has 150 valence electrons. The van der Waals surface area contributed by atoms with Gasteiger partial charge in [0.2, 0.25) is 0 Å². The van der Waals surface area contributed by atoms with Crippen LogP contribution >= 0.6 is 0 Å². The highest BCUT2D eigenvalue weighted by Gasteiger charge is 2.30. The molecule has 2 aromatic carbocycles. The van der Waals surface area contributed by atoms with Gasteiger partial charge in [0.05, 0.1) is 30.6 Å². The highest BCUT2D eigenvalue weighted by atomic mass is 19.1. The van der Waals surface area contributed by atoms with E-state index < -0.39 is 0 Å². The number of hydrogen-bond donors (Lipinski definition) is 0. The molecule has 2 aromatic heterocycles. The van der Waals surface area contributed by atoms with Crippen molar-refractivity contribution in [2.24, 2.45) is 0 Å². The first-order chi connectivity index (χ1) is 14.8. The Hall–Kier alpha value is -3.31. The van der Waals surface area contributed by atoms with E-state index in [1.807, 2.05) is 30.3 Å². The van der Waals surface area contributed by atoms with E-state index in [1.165, 1.54) is 17.7 Å². The van der Waals surface area contributed by atoms with E-state index in [9.17, 15) is 4.39 Å². The quantitative estimate of drug-likeness (QED) is 0.432. The van der Waals surface area contributed by atoms with Gasteiger partial charge in [0.1, 0.15) is 11.6 Å².